The third kappa shape index (κ3) is 3.58. The Hall–Kier alpha value is -1.32. The summed E-state index contributed by atoms with van der Waals surface area (Å²) < 4.78 is 5.19. The molecule has 0 aromatic carbocycles. The molecule has 0 saturated heterocycles. The minimum atomic E-state index is -0.434. The number of hydrogen-bond donors (Lipinski definition) is 0. The van der Waals surface area contributed by atoms with Crippen LogP contribution in [0.2, 0.25) is 0 Å². The second-order valence-corrected chi connectivity index (χ2v) is 4.85. The summed E-state index contributed by atoms with van der Waals surface area (Å²) in [5.74, 6) is 0.143. The van der Waals surface area contributed by atoms with Crippen molar-refractivity contribution in [3.63, 3.8) is 0 Å². The quantitative estimate of drug-likeness (QED) is 0.760. The minimum Gasteiger partial charge on any atom is -0.407 e. The summed E-state index contributed by atoms with van der Waals surface area (Å²) in [6.07, 6.45) is 3.40. The maximum absolute atomic E-state index is 12.0. The first-order valence-corrected chi connectivity index (χ1v) is 6.17. The molecule has 1 aliphatic carbocycles. The van der Waals surface area contributed by atoms with Crippen molar-refractivity contribution in [3.05, 3.63) is 11.8 Å². The maximum Gasteiger partial charge on any atom is 0.415 e. The average molecular weight is 239 g/mol. The van der Waals surface area contributed by atoms with Crippen molar-refractivity contribution in [2.24, 2.45) is 0 Å². The van der Waals surface area contributed by atoms with E-state index in [4.69, 9.17) is 4.74 Å². The lowest BCUT2D eigenvalue weighted by Crippen LogP contribution is -2.42. The van der Waals surface area contributed by atoms with Crippen LogP contribution in [0.15, 0.2) is 11.8 Å². The lowest BCUT2D eigenvalue weighted by atomic mass is 10.1. The third-order valence-corrected chi connectivity index (χ3v) is 2.73. The van der Waals surface area contributed by atoms with Crippen molar-refractivity contribution in [3.8, 4) is 0 Å². The number of amides is 1. The Morgan fingerprint density at radius 2 is 1.88 bits per heavy atom. The maximum atomic E-state index is 12.0. The van der Waals surface area contributed by atoms with Gasteiger partial charge in [0.1, 0.15) is 0 Å². The van der Waals surface area contributed by atoms with Crippen molar-refractivity contribution < 1.29 is 14.3 Å². The number of ether oxygens (including phenoxy) is 1. The summed E-state index contributed by atoms with van der Waals surface area (Å²) >= 11 is 0. The van der Waals surface area contributed by atoms with E-state index in [1.165, 1.54) is 0 Å². The Balaban J connectivity index is 2.70. The van der Waals surface area contributed by atoms with Crippen molar-refractivity contribution in [1.29, 1.82) is 0 Å². The summed E-state index contributed by atoms with van der Waals surface area (Å²) in [4.78, 5) is 25.1. The van der Waals surface area contributed by atoms with Crippen LogP contribution in [0.25, 0.3) is 0 Å². The van der Waals surface area contributed by atoms with Crippen LogP contribution < -0.4 is 0 Å². The lowest BCUT2D eigenvalue weighted by molar-refractivity contribution is -0.118. The second-order valence-electron chi connectivity index (χ2n) is 4.85. The molecule has 0 spiro atoms. The van der Waals surface area contributed by atoms with E-state index in [0.29, 0.717) is 6.42 Å². The highest BCUT2D eigenvalue weighted by atomic mass is 16.6. The lowest BCUT2D eigenvalue weighted by Gasteiger charge is -2.30. The number of Topliss-reactive ketones (excluding diaryl/α,β-unsaturated/α-hetero) is 1. The van der Waals surface area contributed by atoms with E-state index in [-0.39, 0.29) is 23.6 Å². The molecule has 1 aliphatic rings. The summed E-state index contributed by atoms with van der Waals surface area (Å²) in [5.41, 5.74) is 0. The van der Waals surface area contributed by atoms with Crippen LogP contribution in [-0.2, 0) is 9.53 Å². The van der Waals surface area contributed by atoms with Gasteiger partial charge in [-0.15, -0.1) is 0 Å². The number of carbonyl (C=O) groups excluding carboxylic acids is 2. The Labute approximate surface area is 103 Å². The van der Waals surface area contributed by atoms with Gasteiger partial charge in [0.05, 0.1) is 0 Å². The van der Waals surface area contributed by atoms with Gasteiger partial charge in [0.15, 0.2) is 11.5 Å². The van der Waals surface area contributed by atoms with Crippen LogP contribution in [0.3, 0.4) is 0 Å². The molecule has 0 aromatic heterocycles. The molecule has 0 heterocycles. The van der Waals surface area contributed by atoms with Gasteiger partial charge < -0.3 is 9.64 Å². The highest BCUT2D eigenvalue weighted by Gasteiger charge is 2.25. The van der Waals surface area contributed by atoms with Gasteiger partial charge in [0.25, 0.3) is 0 Å². The minimum absolute atomic E-state index is 0.0572. The number of hydrogen-bond acceptors (Lipinski definition) is 3. The Morgan fingerprint density at radius 3 is 2.35 bits per heavy atom. The van der Waals surface area contributed by atoms with Gasteiger partial charge in [-0.25, -0.2) is 4.79 Å². The molecular weight excluding hydrogens is 218 g/mol. The molecule has 0 aromatic rings. The zero-order valence-electron chi connectivity index (χ0n) is 11.0. The van der Waals surface area contributed by atoms with Crippen LogP contribution in [0, 0.1) is 0 Å². The summed E-state index contributed by atoms with van der Waals surface area (Å²) in [6.45, 7) is 7.72. The van der Waals surface area contributed by atoms with Gasteiger partial charge in [-0.1, -0.05) is 0 Å². The summed E-state index contributed by atoms with van der Waals surface area (Å²) in [5, 5.41) is 0. The van der Waals surface area contributed by atoms with Crippen molar-refractivity contribution in [2.75, 3.05) is 0 Å². The van der Waals surface area contributed by atoms with E-state index in [9.17, 15) is 9.59 Å². The average Bonchev–Trinajstić information content (AvgIpc) is 2.20. The zero-order chi connectivity index (χ0) is 13.0. The largest absolute Gasteiger partial charge is 0.415 e. The molecular formula is C13H21NO3. The molecule has 0 fully saturated rings. The smallest absolute Gasteiger partial charge is 0.407 e. The van der Waals surface area contributed by atoms with Gasteiger partial charge in [0, 0.05) is 18.5 Å². The SMILES string of the molecule is CC(C)N(C(=O)OC1=CCCCC1=O)C(C)C. The Morgan fingerprint density at radius 1 is 1.29 bits per heavy atom. The first kappa shape index (κ1) is 13.7. The van der Waals surface area contributed by atoms with Crippen LogP contribution in [-0.4, -0.2) is 28.9 Å². The van der Waals surface area contributed by atoms with Crippen LogP contribution in [0.4, 0.5) is 4.79 Å². The van der Waals surface area contributed by atoms with E-state index in [1.807, 2.05) is 27.7 Å². The first-order chi connectivity index (χ1) is 7.93. The third-order valence-electron chi connectivity index (χ3n) is 2.73. The van der Waals surface area contributed by atoms with Crippen molar-refractivity contribution >= 4 is 11.9 Å². The molecule has 1 rings (SSSR count). The van der Waals surface area contributed by atoms with Crippen LogP contribution in [0.5, 0.6) is 0 Å². The molecule has 0 bridgehead atoms. The van der Waals surface area contributed by atoms with E-state index in [2.05, 4.69) is 0 Å². The predicted molar refractivity (Wildman–Crippen MR) is 65.5 cm³/mol. The number of allylic oxidation sites excluding steroid dienone is 2. The fraction of sp³-hybridized carbons (Fsp3) is 0.692. The monoisotopic (exact) mass is 239 g/mol. The molecule has 0 atom stereocenters. The molecule has 0 unspecified atom stereocenters. The van der Waals surface area contributed by atoms with Gasteiger partial charge in [0.2, 0.25) is 0 Å². The van der Waals surface area contributed by atoms with Gasteiger partial charge in [-0.05, 0) is 46.6 Å². The van der Waals surface area contributed by atoms with Gasteiger partial charge >= 0.3 is 6.09 Å². The molecule has 17 heavy (non-hydrogen) atoms. The normalized spacial score (nSPS) is 16.1. The Bertz CT molecular complexity index is 324. The molecule has 0 radical (unpaired) electrons. The topological polar surface area (TPSA) is 46.6 Å². The molecule has 0 aliphatic heterocycles. The van der Waals surface area contributed by atoms with Gasteiger partial charge in [-0.2, -0.15) is 0 Å². The van der Waals surface area contributed by atoms with E-state index in [1.54, 1.807) is 11.0 Å². The zero-order valence-corrected chi connectivity index (χ0v) is 11.0. The predicted octanol–water partition coefficient (Wildman–Crippen LogP) is 2.88. The van der Waals surface area contributed by atoms with Crippen molar-refractivity contribution in [2.45, 2.75) is 59.0 Å². The van der Waals surface area contributed by atoms with E-state index < -0.39 is 6.09 Å². The molecule has 4 nitrogen and oxygen atoms in total. The molecule has 0 saturated carbocycles. The van der Waals surface area contributed by atoms with Gasteiger partial charge in [-0.3, -0.25) is 4.79 Å². The van der Waals surface area contributed by atoms with Crippen LogP contribution in [0.1, 0.15) is 47.0 Å². The Kier molecular flexibility index (Phi) is 4.73. The highest BCUT2D eigenvalue weighted by Crippen LogP contribution is 2.17. The highest BCUT2D eigenvalue weighted by molar-refractivity contribution is 5.96. The summed E-state index contributed by atoms with van der Waals surface area (Å²) in [6, 6.07) is 0.114. The summed E-state index contributed by atoms with van der Waals surface area (Å²) in [7, 11) is 0. The second kappa shape index (κ2) is 5.84. The first-order valence-electron chi connectivity index (χ1n) is 6.17. The van der Waals surface area contributed by atoms with Crippen LogP contribution >= 0.6 is 0 Å². The van der Waals surface area contributed by atoms with E-state index in [0.717, 1.165) is 12.8 Å². The number of carbonyl (C=O) groups is 2. The number of rotatable bonds is 3. The van der Waals surface area contributed by atoms with E-state index >= 15 is 0 Å². The number of ketones is 1. The van der Waals surface area contributed by atoms with Crippen molar-refractivity contribution in [1.82, 2.24) is 4.90 Å². The standard InChI is InChI=1S/C13H21NO3/c1-9(2)14(10(3)4)13(16)17-12-8-6-5-7-11(12)15/h8-10H,5-7H2,1-4H3. The molecule has 96 valence electrons. The fourth-order valence-electron chi connectivity index (χ4n) is 2.00. The fourth-order valence-corrected chi connectivity index (χ4v) is 2.00. The molecule has 0 N–H and O–H groups in total. The number of nitrogens with zero attached hydrogens (tertiary/aromatic N) is 1. The molecule has 1 amide bonds. The molecule has 4 heteroatoms.